The lowest BCUT2D eigenvalue weighted by atomic mass is 10.0. The molecule has 0 amide bonds. The molecule has 1 nitrogen and oxygen atoms in total. The maximum Gasteiger partial charge on any atom is 0.0463 e. The number of halogens is 1. The Bertz CT molecular complexity index is 964. The number of hydrogen-bond acceptors (Lipinski definition) is 1. The van der Waals surface area contributed by atoms with E-state index in [1.165, 1.54) is 11.1 Å². The Morgan fingerprint density at radius 2 is 1.48 bits per heavy atom. The van der Waals surface area contributed by atoms with Crippen LogP contribution < -0.4 is 5.32 Å². The van der Waals surface area contributed by atoms with E-state index in [2.05, 4.69) is 88.5 Å². The lowest BCUT2D eigenvalue weighted by molar-refractivity contribution is 1.51. The molecule has 0 fully saturated rings. The van der Waals surface area contributed by atoms with E-state index in [0.717, 1.165) is 27.0 Å². The van der Waals surface area contributed by atoms with Crippen molar-refractivity contribution in [3.8, 4) is 11.1 Å². The van der Waals surface area contributed by atoms with Gasteiger partial charge in [0.05, 0.1) is 0 Å². The summed E-state index contributed by atoms with van der Waals surface area (Å²) < 4.78 is 1.09. The van der Waals surface area contributed by atoms with Crippen LogP contribution in [-0.4, -0.2) is 0 Å². The van der Waals surface area contributed by atoms with Crippen molar-refractivity contribution in [1.29, 1.82) is 0 Å². The van der Waals surface area contributed by atoms with Crippen LogP contribution in [0.1, 0.15) is 12.5 Å². The summed E-state index contributed by atoms with van der Waals surface area (Å²) >= 11 is 3.48. The Balaban J connectivity index is 1.79. The van der Waals surface area contributed by atoms with Crippen LogP contribution in [0.3, 0.4) is 0 Å². The number of hydrogen-bond donors (Lipinski definition) is 1. The van der Waals surface area contributed by atoms with Crippen molar-refractivity contribution in [3.05, 3.63) is 114 Å². The van der Waals surface area contributed by atoms with Crippen molar-refractivity contribution in [2.75, 3.05) is 5.32 Å². The third-order valence-electron chi connectivity index (χ3n) is 4.22. The fourth-order valence-corrected chi connectivity index (χ4v) is 3.05. The number of nitrogens with one attached hydrogen (secondary N) is 1. The molecule has 0 aliphatic rings. The van der Waals surface area contributed by atoms with E-state index in [-0.39, 0.29) is 0 Å². The Kier molecular flexibility index (Phi) is 6.45. The molecular weight excluding hydrogens is 394 g/mol. The molecular formula is C25H22BrN. The first-order valence-electron chi connectivity index (χ1n) is 8.88. The second kappa shape index (κ2) is 9.20. The van der Waals surface area contributed by atoms with Crippen LogP contribution in [0.25, 0.3) is 16.7 Å². The molecule has 0 saturated carbocycles. The summed E-state index contributed by atoms with van der Waals surface area (Å²) in [5.41, 5.74) is 6.56. The average molecular weight is 416 g/mol. The summed E-state index contributed by atoms with van der Waals surface area (Å²) in [6, 6.07) is 25.0. The Labute approximate surface area is 169 Å². The van der Waals surface area contributed by atoms with Gasteiger partial charge in [-0.2, -0.15) is 0 Å². The van der Waals surface area contributed by atoms with Crippen LogP contribution in [-0.2, 0) is 0 Å². The highest BCUT2D eigenvalue weighted by atomic mass is 79.9. The van der Waals surface area contributed by atoms with Crippen LogP contribution >= 0.6 is 15.9 Å². The van der Waals surface area contributed by atoms with Gasteiger partial charge in [-0.25, -0.2) is 0 Å². The zero-order chi connectivity index (χ0) is 19.1. The van der Waals surface area contributed by atoms with E-state index in [4.69, 9.17) is 0 Å². The highest BCUT2D eigenvalue weighted by Crippen LogP contribution is 2.28. The highest BCUT2D eigenvalue weighted by molar-refractivity contribution is 9.10. The molecule has 0 heterocycles. The van der Waals surface area contributed by atoms with Crippen LogP contribution in [0.5, 0.6) is 0 Å². The second-order valence-electron chi connectivity index (χ2n) is 6.16. The van der Waals surface area contributed by atoms with Gasteiger partial charge in [0.1, 0.15) is 0 Å². The standard InChI is InChI=1S/C25H22BrN/c1-3-4-5-8-19(2)24-9-6-7-10-25(24)27-23-17-13-21(14-18-23)20-11-15-22(26)16-12-20/h3-18,27H,2H2,1H3/b4-3-,8-5-. The van der Waals surface area contributed by atoms with Crippen LogP contribution in [0, 0.1) is 0 Å². The van der Waals surface area contributed by atoms with Crippen LogP contribution in [0.15, 0.2) is 108 Å². The Hall–Kier alpha value is -2.84. The predicted molar refractivity (Wildman–Crippen MR) is 122 cm³/mol. The van der Waals surface area contributed by atoms with Gasteiger partial charge in [-0.05, 0) is 54.0 Å². The number of para-hydroxylation sites is 1. The van der Waals surface area contributed by atoms with Gasteiger partial charge in [0.15, 0.2) is 0 Å². The molecule has 0 radical (unpaired) electrons. The number of rotatable bonds is 6. The van der Waals surface area contributed by atoms with Crippen LogP contribution in [0.4, 0.5) is 11.4 Å². The first-order chi connectivity index (χ1) is 13.2. The second-order valence-corrected chi connectivity index (χ2v) is 7.08. The molecule has 3 aromatic carbocycles. The van der Waals surface area contributed by atoms with E-state index in [0.29, 0.717) is 0 Å². The van der Waals surface area contributed by atoms with Crippen molar-refractivity contribution in [2.24, 2.45) is 0 Å². The van der Waals surface area contributed by atoms with E-state index < -0.39 is 0 Å². The summed E-state index contributed by atoms with van der Waals surface area (Å²) in [5, 5.41) is 3.51. The molecule has 134 valence electrons. The molecule has 3 aromatic rings. The van der Waals surface area contributed by atoms with Crippen molar-refractivity contribution >= 4 is 32.9 Å². The van der Waals surface area contributed by atoms with Gasteiger partial charge >= 0.3 is 0 Å². The van der Waals surface area contributed by atoms with E-state index in [9.17, 15) is 0 Å². The lowest BCUT2D eigenvalue weighted by Gasteiger charge is -2.13. The Morgan fingerprint density at radius 3 is 2.15 bits per heavy atom. The smallest absolute Gasteiger partial charge is 0.0463 e. The Morgan fingerprint density at radius 1 is 0.852 bits per heavy atom. The monoisotopic (exact) mass is 415 g/mol. The maximum atomic E-state index is 4.20. The summed E-state index contributed by atoms with van der Waals surface area (Å²) in [6.45, 7) is 6.20. The maximum absolute atomic E-state index is 4.20. The van der Waals surface area contributed by atoms with Crippen molar-refractivity contribution in [3.63, 3.8) is 0 Å². The van der Waals surface area contributed by atoms with Gasteiger partial charge < -0.3 is 5.32 Å². The topological polar surface area (TPSA) is 12.0 Å². The summed E-state index contributed by atoms with van der Waals surface area (Å²) in [7, 11) is 0. The van der Waals surface area contributed by atoms with Gasteiger partial charge in [0.25, 0.3) is 0 Å². The lowest BCUT2D eigenvalue weighted by Crippen LogP contribution is -1.94. The molecule has 2 heteroatoms. The van der Waals surface area contributed by atoms with Crippen molar-refractivity contribution < 1.29 is 0 Å². The third-order valence-corrected chi connectivity index (χ3v) is 4.74. The number of anilines is 2. The molecule has 0 aliphatic carbocycles. The third kappa shape index (κ3) is 5.08. The SMILES string of the molecule is C=C(/C=C\C=C/C)c1ccccc1Nc1ccc(-c2ccc(Br)cc2)cc1. The van der Waals surface area contributed by atoms with Crippen molar-refractivity contribution in [2.45, 2.75) is 6.92 Å². The molecule has 0 aromatic heterocycles. The van der Waals surface area contributed by atoms with Gasteiger partial charge in [-0.1, -0.05) is 89.3 Å². The predicted octanol–water partition coefficient (Wildman–Crippen LogP) is 8.01. The fraction of sp³-hybridized carbons (Fsp3) is 0.0400. The van der Waals surface area contributed by atoms with Crippen molar-refractivity contribution in [1.82, 2.24) is 0 Å². The number of allylic oxidation sites excluding steroid dienone is 5. The van der Waals surface area contributed by atoms with E-state index in [1.807, 2.05) is 43.4 Å². The molecule has 0 aliphatic heterocycles. The molecule has 27 heavy (non-hydrogen) atoms. The minimum Gasteiger partial charge on any atom is -0.355 e. The molecule has 1 N–H and O–H groups in total. The zero-order valence-electron chi connectivity index (χ0n) is 15.3. The molecule has 0 bridgehead atoms. The fourth-order valence-electron chi connectivity index (χ4n) is 2.79. The normalized spacial score (nSPS) is 11.2. The van der Waals surface area contributed by atoms with Gasteiger partial charge in [-0.3, -0.25) is 0 Å². The minimum absolute atomic E-state index is 0.975. The molecule has 3 rings (SSSR count). The van der Waals surface area contributed by atoms with E-state index in [1.54, 1.807) is 0 Å². The quantitative estimate of drug-likeness (QED) is 0.401. The number of benzene rings is 3. The zero-order valence-corrected chi connectivity index (χ0v) is 16.9. The van der Waals surface area contributed by atoms with Crippen LogP contribution in [0.2, 0.25) is 0 Å². The highest BCUT2D eigenvalue weighted by Gasteiger charge is 2.04. The summed E-state index contributed by atoms with van der Waals surface area (Å²) in [5.74, 6) is 0. The van der Waals surface area contributed by atoms with E-state index >= 15 is 0 Å². The molecule has 0 atom stereocenters. The van der Waals surface area contributed by atoms with Gasteiger partial charge in [0.2, 0.25) is 0 Å². The minimum atomic E-state index is 0.975. The first-order valence-corrected chi connectivity index (χ1v) is 9.67. The largest absolute Gasteiger partial charge is 0.355 e. The molecule has 0 unspecified atom stereocenters. The average Bonchev–Trinajstić information content (AvgIpc) is 2.70. The summed E-state index contributed by atoms with van der Waals surface area (Å²) in [4.78, 5) is 0. The molecule has 0 spiro atoms. The summed E-state index contributed by atoms with van der Waals surface area (Å²) in [6.07, 6.45) is 8.03. The van der Waals surface area contributed by atoms with Gasteiger partial charge in [-0.15, -0.1) is 0 Å². The molecule has 0 saturated heterocycles. The van der Waals surface area contributed by atoms with Gasteiger partial charge in [0, 0.05) is 21.4 Å². The first kappa shape index (κ1) is 18.9.